The van der Waals surface area contributed by atoms with Crippen LogP contribution >= 0.6 is 0 Å². The molecule has 1 N–H and O–H groups in total. The van der Waals surface area contributed by atoms with Crippen molar-refractivity contribution in [1.29, 1.82) is 0 Å². The number of benzene rings is 2. The number of ether oxygens (including phenoxy) is 1. The number of hydrogen-bond donors (Lipinski definition) is 1. The molecule has 0 aromatic heterocycles. The van der Waals surface area contributed by atoms with Crippen LogP contribution in [0, 0.1) is 12.8 Å². The number of aryl methyl sites for hydroxylation is 1. The molecule has 3 aliphatic heterocycles. The third kappa shape index (κ3) is 4.62. The zero-order valence-electron chi connectivity index (χ0n) is 16.6. The summed E-state index contributed by atoms with van der Waals surface area (Å²) in [4.78, 5) is 15.5. The van der Waals surface area contributed by atoms with Crippen molar-refractivity contribution >= 4 is 5.97 Å². The lowest BCUT2D eigenvalue weighted by atomic mass is 9.85. The smallest absolute Gasteiger partial charge is 0.315 e. The molecule has 148 valence electrons. The summed E-state index contributed by atoms with van der Waals surface area (Å²) in [6.45, 7) is 6.62. The number of fused-ring (bicyclic) bond motifs is 3. The molecule has 2 bridgehead atoms. The quantitative estimate of drug-likeness (QED) is 0.749. The Morgan fingerprint density at radius 2 is 1.82 bits per heavy atom. The van der Waals surface area contributed by atoms with Gasteiger partial charge < -0.3 is 10.1 Å². The molecule has 3 saturated heterocycles. The maximum atomic E-state index is 13.1. The average Bonchev–Trinajstić information content (AvgIpc) is 2.74. The van der Waals surface area contributed by atoms with E-state index in [1.165, 1.54) is 11.1 Å². The first-order valence-electron chi connectivity index (χ1n) is 10.4. The number of nitrogens with one attached hydrogen (secondary N) is 1. The standard InChI is InChI=1S/C24H30N2O2/c1-18-7-9-19(10-8-18)15-25-16-22(20-5-3-2-4-6-20)24(27)28-23-17-26-13-11-21(23)12-14-26/h2-10,21-23,25H,11-17H2,1H3. The first kappa shape index (κ1) is 19.2. The van der Waals surface area contributed by atoms with Crippen LogP contribution in [0.25, 0.3) is 0 Å². The lowest BCUT2D eigenvalue weighted by Crippen LogP contribution is -2.52. The second-order valence-electron chi connectivity index (χ2n) is 8.19. The maximum absolute atomic E-state index is 13.1. The SMILES string of the molecule is Cc1ccc(CNCC(C(=O)OC2CN3CCC2CC3)c2ccccc2)cc1. The van der Waals surface area contributed by atoms with Crippen molar-refractivity contribution in [1.82, 2.24) is 10.2 Å². The molecule has 2 aromatic carbocycles. The minimum absolute atomic E-state index is 0.0540. The average molecular weight is 379 g/mol. The van der Waals surface area contributed by atoms with E-state index in [0.717, 1.165) is 44.6 Å². The van der Waals surface area contributed by atoms with E-state index in [0.29, 0.717) is 12.5 Å². The van der Waals surface area contributed by atoms with Crippen LogP contribution in [-0.2, 0) is 16.1 Å². The summed E-state index contributed by atoms with van der Waals surface area (Å²) >= 11 is 0. The van der Waals surface area contributed by atoms with Crippen LogP contribution in [0.15, 0.2) is 54.6 Å². The van der Waals surface area contributed by atoms with Crippen LogP contribution in [0.5, 0.6) is 0 Å². The van der Waals surface area contributed by atoms with Crippen molar-refractivity contribution in [3.63, 3.8) is 0 Å². The van der Waals surface area contributed by atoms with Crippen LogP contribution < -0.4 is 5.32 Å². The molecule has 0 saturated carbocycles. The van der Waals surface area contributed by atoms with E-state index >= 15 is 0 Å². The number of rotatable bonds is 7. The lowest BCUT2D eigenvalue weighted by Gasteiger charge is -2.44. The normalized spacial score (nSPS) is 24.7. The zero-order chi connectivity index (χ0) is 19.3. The molecule has 5 rings (SSSR count). The molecule has 4 heteroatoms. The highest BCUT2D eigenvalue weighted by molar-refractivity contribution is 5.78. The highest BCUT2D eigenvalue weighted by Crippen LogP contribution is 2.31. The Morgan fingerprint density at radius 3 is 2.46 bits per heavy atom. The largest absolute Gasteiger partial charge is 0.460 e. The van der Waals surface area contributed by atoms with Crippen LogP contribution in [0.3, 0.4) is 0 Å². The molecular formula is C24H30N2O2. The van der Waals surface area contributed by atoms with E-state index < -0.39 is 0 Å². The Balaban J connectivity index is 1.40. The van der Waals surface area contributed by atoms with Gasteiger partial charge in [0.15, 0.2) is 0 Å². The molecule has 4 nitrogen and oxygen atoms in total. The Morgan fingerprint density at radius 1 is 1.11 bits per heavy atom. The number of hydrogen-bond acceptors (Lipinski definition) is 4. The third-order valence-electron chi connectivity index (χ3n) is 6.15. The second kappa shape index (κ2) is 8.89. The number of carbonyl (C=O) groups excluding carboxylic acids is 1. The lowest BCUT2D eigenvalue weighted by molar-refractivity contribution is -0.160. The molecule has 2 atom stereocenters. The predicted octanol–water partition coefficient (Wildman–Crippen LogP) is 3.51. The number of nitrogens with zero attached hydrogens (tertiary/aromatic N) is 1. The monoisotopic (exact) mass is 378 g/mol. The Labute approximate surface area is 167 Å². The van der Waals surface area contributed by atoms with Gasteiger partial charge in [-0.2, -0.15) is 0 Å². The van der Waals surface area contributed by atoms with Gasteiger partial charge in [-0.05, 0) is 49.9 Å². The summed E-state index contributed by atoms with van der Waals surface area (Å²) in [5.74, 6) is 0.161. The molecule has 2 aromatic rings. The van der Waals surface area contributed by atoms with Crippen molar-refractivity contribution in [2.45, 2.75) is 38.3 Å². The Kier molecular flexibility index (Phi) is 6.08. The molecule has 0 amide bonds. The fraction of sp³-hybridized carbons (Fsp3) is 0.458. The van der Waals surface area contributed by atoms with Gasteiger partial charge in [0, 0.05) is 19.6 Å². The summed E-state index contributed by atoms with van der Waals surface area (Å²) in [6, 6.07) is 18.5. The summed E-state index contributed by atoms with van der Waals surface area (Å²) < 4.78 is 6.04. The summed E-state index contributed by atoms with van der Waals surface area (Å²) in [7, 11) is 0. The first-order valence-corrected chi connectivity index (χ1v) is 10.4. The molecule has 3 fully saturated rings. The number of carbonyl (C=O) groups is 1. The van der Waals surface area contributed by atoms with Gasteiger partial charge in [0.1, 0.15) is 6.10 Å². The van der Waals surface area contributed by atoms with E-state index in [1.807, 2.05) is 30.3 Å². The van der Waals surface area contributed by atoms with E-state index in [1.54, 1.807) is 0 Å². The summed E-state index contributed by atoms with van der Waals surface area (Å²) in [5.41, 5.74) is 3.50. The van der Waals surface area contributed by atoms with Gasteiger partial charge in [0.25, 0.3) is 0 Å². The molecule has 28 heavy (non-hydrogen) atoms. The fourth-order valence-electron chi connectivity index (χ4n) is 4.37. The zero-order valence-corrected chi connectivity index (χ0v) is 16.6. The van der Waals surface area contributed by atoms with Gasteiger partial charge in [0.05, 0.1) is 5.92 Å². The van der Waals surface area contributed by atoms with Crippen molar-refractivity contribution in [2.24, 2.45) is 5.92 Å². The highest BCUT2D eigenvalue weighted by atomic mass is 16.5. The molecule has 3 aliphatic rings. The Bertz CT molecular complexity index is 767. The second-order valence-corrected chi connectivity index (χ2v) is 8.19. The maximum Gasteiger partial charge on any atom is 0.315 e. The Hall–Kier alpha value is -2.17. The highest BCUT2D eigenvalue weighted by Gasteiger charge is 2.37. The predicted molar refractivity (Wildman–Crippen MR) is 111 cm³/mol. The van der Waals surface area contributed by atoms with Gasteiger partial charge in [-0.1, -0.05) is 60.2 Å². The van der Waals surface area contributed by atoms with Crippen molar-refractivity contribution in [3.05, 3.63) is 71.3 Å². The molecule has 2 unspecified atom stereocenters. The summed E-state index contributed by atoms with van der Waals surface area (Å²) in [6.07, 6.45) is 2.36. The van der Waals surface area contributed by atoms with E-state index in [4.69, 9.17) is 4.74 Å². The summed E-state index contributed by atoms with van der Waals surface area (Å²) in [5, 5.41) is 3.46. The van der Waals surface area contributed by atoms with Gasteiger partial charge >= 0.3 is 5.97 Å². The van der Waals surface area contributed by atoms with Crippen molar-refractivity contribution < 1.29 is 9.53 Å². The first-order chi connectivity index (χ1) is 13.7. The van der Waals surface area contributed by atoms with Gasteiger partial charge in [-0.15, -0.1) is 0 Å². The van der Waals surface area contributed by atoms with Crippen LogP contribution in [-0.4, -0.2) is 43.2 Å². The number of piperidine rings is 3. The van der Waals surface area contributed by atoms with Crippen LogP contribution in [0.1, 0.15) is 35.4 Å². The third-order valence-corrected chi connectivity index (χ3v) is 6.15. The topological polar surface area (TPSA) is 41.6 Å². The molecule has 3 heterocycles. The van der Waals surface area contributed by atoms with Gasteiger partial charge in [0.2, 0.25) is 0 Å². The van der Waals surface area contributed by atoms with Gasteiger partial charge in [-0.25, -0.2) is 0 Å². The number of esters is 1. The minimum Gasteiger partial charge on any atom is -0.460 e. The molecule has 0 spiro atoms. The van der Waals surface area contributed by atoms with Gasteiger partial charge in [-0.3, -0.25) is 9.69 Å². The van der Waals surface area contributed by atoms with E-state index in [-0.39, 0.29) is 18.0 Å². The van der Waals surface area contributed by atoms with Crippen LogP contribution in [0.2, 0.25) is 0 Å². The van der Waals surface area contributed by atoms with Crippen molar-refractivity contribution in [2.75, 3.05) is 26.2 Å². The van der Waals surface area contributed by atoms with Crippen LogP contribution in [0.4, 0.5) is 0 Å². The molecule has 0 aliphatic carbocycles. The molecule has 0 radical (unpaired) electrons. The van der Waals surface area contributed by atoms with E-state index in [9.17, 15) is 4.79 Å². The van der Waals surface area contributed by atoms with Crippen molar-refractivity contribution in [3.8, 4) is 0 Å². The minimum atomic E-state index is -0.276. The van der Waals surface area contributed by atoms with E-state index in [2.05, 4.69) is 41.4 Å². The molecular weight excluding hydrogens is 348 g/mol. The fourth-order valence-corrected chi connectivity index (χ4v) is 4.37.